The molecule has 0 radical (unpaired) electrons. The van der Waals surface area contributed by atoms with Crippen LogP contribution >= 0.6 is 0 Å². The number of nitrogens with zero attached hydrogens (tertiary/aromatic N) is 3. The van der Waals surface area contributed by atoms with Gasteiger partial charge in [0.05, 0.1) is 23.6 Å². The molecule has 4 nitrogen and oxygen atoms in total. The van der Waals surface area contributed by atoms with Gasteiger partial charge in [-0.25, -0.2) is 0 Å². The van der Waals surface area contributed by atoms with Crippen molar-refractivity contribution in [1.82, 2.24) is 0 Å². The number of hydrogen-bond donors (Lipinski definition) is 0. The van der Waals surface area contributed by atoms with Crippen molar-refractivity contribution in [3.63, 3.8) is 0 Å². The molecule has 0 bridgehead atoms. The van der Waals surface area contributed by atoms with Crippen molar-refractivity contribution in [2.45, 2.75) is 32.1 Å². The third-order valence-corrected chi connectivity index (χ3v) is 4.55. The molecule has 25 heavy (non-hydrogen) atoms. The van der Waals surface area contributed by atoms with Crippen LogP contribution in [0, 0.1) is 39.9 Å². The molecule has 0 N–H and O–H groups in total. The second-order valence-corrected chi connectivity index (χ2v) is 6.36. The van der Waals surface area contributed by atoms with Crippen molar-refractivity contribution in [2.24, 2.45) is 5.92 Å². The van der Waals surface area contributed by atoms with Crippen molar-refractivity contribution in [3.8, 4) is 29.7 Å². The molecule has 0 amide bonds. The lowest BCUT2D eigenvalue weighted by Crippen LogP contribution is -2.26. The number of nitriles is 3. The van der Waals surface area contributed by atoms with Crippen LogP contribution in [0.3, 0.4) is 0 Å². The molecule has 124 valence electrons. The van der Waals surface area contributed by atoms with Gasteiger partial charge in [0.15, 0.2) is 5.92 Å². The van der Waals surface area contributed by atoms with Crippen molar-refractivity contribution in [2.75, 3.05) is 0 Å². The minimum Gasteiger partial charge on any atom is -0.457 e. The van der Waals surface area contributed by atoms with E-state index in [9.17, 15) is 5.26 Å². The molecule has 0 spiro atoms. The van der Waals surface area contributed by atoms with E-state index in [2.05, 4.69) is 6.07 Å². The van der Waals surface area contributed by atoms with E-state index in [1.165, 1.54) is 0 Å². The minimum atomic E-state index is -0.770. The molecular weight excluding hydrogens is 310 g/mol. The Morgan fingerprint density at radius 3 is 1.72 bits per heavy atom. The van der Waals surface area contributed by atoms with Gasteiger partial charge in [0.2, 0.25) is 0 Å². The van der Waals surface area contributed by atoms with E-state index in [0.29, 0.717) is 17.1 Å². The summed E-state index contributed by atoms with van der Waals surface area (Å²) in [6.07, 6.45) is 0. The molecule has 0 saturated heterocycles. The highest BCUT2D eigenvalue weighted by atomic mass is 16.5. The fraction of sp³-hybridized carbons (Fsp3) is 0.286. The Balaban J connectivity index is 2.16. The summed E-state index contributed by atoms with van der Waals surface area (Å²) in [6, 6.07) is 20.7. The van der Waals surface area contributed by atoms with Crippen molar-refractivity contribution >= 4 is 0 Å². The van der Waals surface area contributed by atoms with Gasteiger partial charge in [-0.1, -0.05) is 38.1 Å². The quantitative estimate of drug-likeness (QED) is 0.769. The normalized spacial score (nSPS) is 12.7. The van der Waals surface area contributed by atoms with E-state index in [1.807, 2.05) is 57.2 Å². The van der Waals surface area contributed by atoms with Gasteiger partial charge in [-0.2, -0.15) is 15.8 Å². The first-order valence-corrected chi connectivity index (χ1v) is 8.03. The van der Waals surface area contributed by atoms with Gasteiger partial charge in [0, 0.05) is 0 Å². The van der Waals surface area contributed by atoms with E-state index in [0.717, 1.165) is 5.56 Å². The molecule has 0 heterocycles. The van der Waals surface area contributed by atoms with Gasteiger partial charge in [0.1, 0.15) is 11.5 Å². The summed E-state index contributed by atoms with van der Waals surface area (Å²) in [5.74, 6) is 0.716. The maximum atomic E-state index is 9.50. The first kappa shape index (κ1) is 18.1. The Labute approximate surface area is 148 Å². The van der Waals surface area contributed by atoms with Gasteiger partial charge >= 0.3 is 0 Å². The number of ether oxygens (including phenoxy) is 1. The van der Waals surface area contributed by atoms with E-state index in [-0.39, 0.29) is 5.92 Å². The van der Waals surface area contributed by atoms with Crippen LogP contribution in [0.25, 0.3) is 0 Å². The van der Waals surface area contributed by atoms with Crippen LogP contribution in [0.2, 0.25) is 0 Å². The molecule has 4 heteroatoms. The zero-order valence-corrected chi connectivity index (χ0v) is 14.5. The topological polar surface area (TPSA) is 80.6 Å². The van der Waals surface area contributed by atoms with Gasteiger partial charge in [-0.3, -0.25) is 0 Å². The van der Waals surface area contributed by atoms with E-state index < -0.39 is 11.3 Å². The van der Waals surface area contributed by atoms with E-state index in [1.54, 1.807) is 24.3 Å². The van der Waals surface area contributed by atoms with Crippen LogP contribution in [0.4, 0.5) is 0 Å². The molecule has 0 aromatic heterocycles. The Hall–Kier alpha value is -3.29. The highest BCUT2D eigenvalue weighted by Crippen LogP contribution is 2.33. The highest BCUT2D eigenvalue weighted by Gasteiger charge is 2.30. The second-order valence-electron chi connectivity index (χ2n) is 6.36. The summed E-state index contributed by atoms with van der Waals surface area (Å²) in [4.78, 5) is 0. The van der Waals surface area contributed by atoms with Gasteiger partial charge < -0.3 is 4.74 Å². The third-order valence-electron chi connectivity index (χ3n) is 4.55. The highest BCUT2D eigenvalue weighted by molar-refractivity contribution is 5.40. The summed E-state index contributed by atoms with van der Waals surface area (Å²) in [7, 11) is 0. The molecular formula is C21H19N3O. The Kier molecular flexibility index (Phi) is 5.43. The maximum Gasteiger partial charge on any atom is 0.158 e. The number of benzene rings is 2. The van der Waals surface area contributed by atoms with Crippen LogP contribution in [0.1, 0.15) is 37.8 Å². The lowest BCUT2D eigenvalue weighted by Gasteiger charge is -2.26. The van der Waals surface area contributed by atoms with E-state index >= 15 is 0 Å². The summed E-state index contributed by atoms with van der Waals surface area (Å²) in [5.41, 5.74) is 1.07. The minimum absolute atomic E-state index is 0.199. The summed E-state index contributed by atoms with van der Waals surface area (Å²) < 4.78 is 5.79. The second kappa shape index (κ2) is 7.52. The average molecular weight is 329 g/mol. The fourth-order valence-electron chi connectivity index (χ4n) is 2.44. The number of rotatable bonds is 5. The molecule has 0 fully saturated rings. The standard InChI is InChI=1S/C21H19N3O/c1-15(2)21(3,14-24)18-6-10-20(11-7-18)25-19-8-4-16(5-9-19)17(12-22)13-23/h4-11,15,17H,1-3H3. The average Bonchev–Trinajstić information content (AvgIpc) is 2.64. The molecule has 0 saturated carbocycles. The molecule has 1 unspecified atom stereocenters. The predicted molar refractivity (Wildman–Crippen MR) is 94.7 cm³/mol. The Morgan fingerprint density at radius 2 is 1.32 bits per heavy atom. The zero-order chi connectivity index (χ0) is 18.4. The summed E-state index contributed by atoms with van der Waals surface area (Å²) in [5, 5.41) is 27.3. The van der Waals surface area contributed by atoms with Crippen molar-refractivity contribution in [1.29, 1.82) is 15.8 Å². The Morgan fingerprint density at radius 1 is 0.840 bits per heavy atom. The lowest BCUT2D eigenvalue weighted by atomic mass is 9.75. The zero-order valence-electron chi connectivity index (χ0n) is 14.5. The van der Waals surface area contributed by atoms with Crippen LogP contribution < -0.4 is 4.74 Å². The molecule has 2 rings (SSSR count). The molecule has 2 aromatic carbocycles. The smallest absolute Gasteiger partial charge is 0.158 e. The number of hydrogen-bond acceptors (Lipinski definition) is 4. The first-order chi connectivity index (χ1) is 11.9. The van der Waals surface area contributed by atoms with Crippen LogP contribution in [-0.2, 0) is 5.41 Å². The first-order valence-electron chi connectivity index (χ1n) is 8.03. The molecule has 2 aromatic rings. The van der Waals surface area contributed by atoms with Gasteiger partial charge in [-0.15, -0.1) is 0 Å². The van der Waals surface area contributed by atoms with Crippen LogP contribution in [-0.4, -0.2) is 0 Å². The predicted octanol–water partition coefficient (Wildman–Crippen LogP) is 5.05. The lowest BCUT2D eigenvalue weighted by molar-refractivity contribution is 0.429. The largest absolute Gasteiger partial charge is 0.457 e. The molecule has 0 aliphatic rings. The molecule has 0 aliphatic heterocycles. The van der Waals surface area contributed by atoms with Gasteiger partial charge in [-0.05, 0) is 48.2 Å². The Bertz CT molecular complexity index is 834. The van der Waals surface area contributed by atoms with Crippen molar-refractivity contribution in [3.05, 3.63) is 59.7 Å². The van der Waals surface area contributed by atoms with Crippen molar-refractivity contribution < 1.29 is 4.74 Å². The SMILES string of the molecule is CC(C)C(C)(C#N)c1ccc(Oc2ccc(C(C#N)C#N)cc2)cc1. The summed E-state index contributed by atoms with van der Waals surface area (Å²) >= 11 is 0. The maximum absolute atomic E-state index is 9.50. The third kappa shape index (κ3) is 3.79. The fourth-order valence-corrected chi connectivity index (χ4v) is 2.44. The van der Waals surface area contributed by atoms with E-state index in [4.69, 9.17) is 15.3 Å². The molecule has 0 aliphatic carbocycles. The monoisotopic (exact) mass is 329 g/mol. The van der Waals surface area contributed by atoms with Crippen LogP contribution in [0.5, 0.6) is 11.5 Å². The van der Waals surface area contributed by atoms with Crippen LogP contribution in [0.15, 0.2) is 48.5 Å². The van der Waals surface area contributed by atoms with Gasteiger partial charge in [0.25, 0.3) is 0 Å². The summed E-state index contributed by atoms with van der Waals surface area (Å²) in [6.45, 7) is 6.00. The molecule has 1 atom stereocenters.